The molecular weight excluding hydrogens is 280 g/mol. The second-order valence-corrected chi connectivity index (χ2v) is 6.56. The molecule has 0 radical (unpaired) electrons. The minimum absolute atomic E-state index is 0.631. The number of anilines is 1. The molecule has 1 fully saturated rings. The highest BCUT2D eigenvalue weighted by Gasteiger charge is 2.20. The SMILES string of the molecule is CCCNc1cc(C2CCCC2)nc2c(C)cc(Cl)cc12. The lowest BCUT2D eigenvalue weighted by atomic mass is 10.00. The first-order valence-electron chi connectivity index (χ1n) is 8.03. The van der Waals surface area contributed by atoms with Crippen LogP contribution in [0, 0.1) is 6.92 Å². The minimum Gasteiger partial charge on any atom is -0.384 e. The lowest BCUT2D eigenvalue weighted by Gasteiger charge is -2.16. The van der Waals surface area contributed by atoms with Gasteiger partial charge in [-0.25, -0.2) is 0 Å². The van der Waals surface area contributed by atoms with E-state index in [1.54, 1.807) is 0 Å². The van der Waals surface area contributed by atoms with Crippen molar-refractivity contribution < 1.29 is 0 Å². The maximum atomic E-state index is 6.24. The molecule has 0 amide bonds. The lowest BCUT2D eigenvalue weighted by Crippen LogP contribution is -2.05. The standard InChI is InChI=1S/C18H23ClN2/c1-3-8-20-17-11-16(13-6-4-5-7-13)21-18-12(2)9-14(19)10-15(17)18/h9-11,13H,3-8H2,1-2H3,(H,20,21). The Kier molecular flexibility index (Phi) is 4.34. The Morgan fingerprint density at radius 3 is 2.71 bits per heavy atom. The van der Waals surface area contributed by atoms with Crippen LogP contribution in [0.4, 0.5) is 5.69 Å². The molecule has 0 spiro atoms. The molecule has 1 aliphatic rings. The molecule has 1 N–H and O–H groups in total. The fraction of sp³-hybridized carbons (Fsp3) is 0.500. The molecule has 0 atom stereocenters. The topological polar surface area (TPSA) is 24.9 Å². The van der Waals surface area contributed by atoms with Gasteiger partial charge in [0.2, 0.25) is 0 Å². The van der Waals surface area contributed by atoms with Gasteiger partial charge >= 0.3 is 0 Å². The van der Waals surface area contributed by atoms with E-state index >= 15 is 0 Å². The summed E-state index contributed by atoms with van der Waals surface area (Å²) in [6.07, 6.45) is 6.34. The quantitative estimate of drug-likeness (QED) is 0.786. The number of aromatic nitrogens is 1. The van der Waals surface area contributed by atoms with Crippen LogP contribution >= 0.6 is 11.6 Å². The fourth-order valence-electron chi connectivity index (χ4n) is 3.31. The third kappa shape index (κ3) is 3.01. The van der Waals surface area contributed by atoms with Crippen molar-refractivity contribution in [1.82, 2.24) is 4.98 Å². The van der Waals surface area contributed by atoms with Crippen molar-refractivity contribution in [2.24, 2.45) is 0 Å². The Bertz CT molecular complexity index is 645. The van der Waals surface area contributed by atoms with E-state index in [-0.39, 0.29) is 0 Å². The molecule has 0 bridgehead atoms. The van der Waals surface area contributed by atoms with Gasteiger partial charge in [-0.3, -0.25) is 4.98 Å². The van der Waals surface area contributed by atoms with E-state index in [4.69, 9.17) is 16.6 Å². The molecule has 1 aliphatic carbocycles. The third-order valence-corrected chi connectivity index (χ3v) is 4.65. The summed E-state index contributed by atoms with van der Waals surface area (Å²) in [6.45, 7) is 5.27. The molecule has 3 rings (SSSR count). The Balaban J connectivity index is 2.13. The average molecular weight is 303 g/mol. The monoisotopic (exact) mass is 302 g/mol. The van der Waals surface area contributed by atoms with Crippen molar-refractivity contribution in [2.45, 2.75) is 51.9 Å². The first kappa shape index (κ1) is 14.6. The summed E-state index contributed by atoms with van der Waals surface area (Å²) in [6, 6.07) is 6.30. The van der Waals surface area contributed by atoms with Crippen LogP contribution in [-0.2, 0) is 0 Å². The number of benzene rings is 1. The molecule has 1 aromatic heterocycles. The molecule has 112 valence electrons. The van der Waals surface area contributed by atoms with E-state index in [0.29, 0.717) is 5.92 Å². The van der Waals surface area contributed by atoms with Crippen LogP contribution in [0.25, 0.3) is 10.9 Å². The van der Waals surface area contributed by atoms with Gasteiger partial charge in [0.05, 0.1) is 5.52 Å². The highest BCUT2D eigenvalue weighted by Crippen LogP contribution is 2.37. The van der Waals surface area contributed by atoms with Crippen molar-refractivity contribution >= 4 is 28.2 Å². The number of halogens is 1. The first-order chi connectivity index (χ1) is 10.2. The van der Waals surface area contributed by atoms with Gasteiger partial charge < -0.3 is 5.32 Å². The molecule has 1 aromatic carbocycles. The van der Waals surface area contributed by atoms with E-state index in [2.05, 4.69) is 25.2 Å². The summed E-state index contributed by atoms with van der Waals surface area (Å²) in [5.41, 5.74) is 4.71. The molecule has 3 heteroatoms. The number of rotatable bonds is 4. The minimum atomic E-state index is 0.631. The second-order valence-electron chi connectivity index (χ2n) is 6.12. The van der Waals surface area contributed by atoms with Crippen LogP contribution in [0.1, 0.15) is 56.2 Å². The van der Waals surface area contributed by atoms with Crippen LogP contribution in [-0.4, -0.2) is 11.5 Å². The van der Waals surface area contributed by atoms with Crippen LogP contribution in [0.5, 0.6) is 0 Å². The Hall–Kier alpha value is -1.28. The summed E-state index contributed by atoms with van der Waals surface area (Å²) in [4.78, 5) is 4.97. The zero-order chi connectivity index (χ0) is 14.8. The lowest BCUT2D eigenvalue weighted by molar-refractivity contribution is 0.701. The van der Waals surface area contributed by atoms with Crippen LogP contribution in [0.15, 0.2) is 18.2 Å². The normalized spacial score (nSPS) is 15.8. The van der Waals surface area contributed by atoms with Crippen LogP contribution < -0.4 is 5.32 Å². The van der Waals surface area contributed by atoms with Gasteiger partial charge in [-0.2, -0.15) is 0 Å². The average Bonchev–Trinajstić information content (AvgIpc) is 2.99. The van der Waals surface area contributed by atoms with E-state index < -0.39 is 0 Å². The molecule has 2 nitrogen and oxygen atoms in total. The van der Waals surface area contributed by atoms with Crippen molar-refractivity contribution in [1.29, 1.82) is 0 Å². The van der Waals surface area contributed by atoms with Crippen LogP contribution in [0.2, 0.25) is 5.02 Å². The summed E-state index contributed by atoms with van der Waals surface area (Å²) < 4.78 is 0. The predicted octanol–water partition coefficient (Wildman–Crippen LogP) is 5.68. The van der Waals surface area contributed by atoms with Gasteiger partial charge in [-0.15, -0.1) is 0 Å². The van der Waals surface area contributed by atoms with Gasteiger partial charge in [0.1, 0.15) is 0 Å². The summed E-state index contributed by atoms with van der Waals surface area (Å²) >= 11 is 6.24. The molecular formula is C18H23ClN2. The molecule has 2 aromatic rings. The van der Waals surface area contributed by atoms with Gasteiger partial charge in [0.15, 0.2) is 0 Å². The number of pyridine rings is 1. The summed E-state index contributed by atoms with van der Waals surface area (Å²) in [5, 5.41) is 5.49. The van der Waals surface area contributed by atoms with Crippen molar-refractivity contribution in [3.8, 4) is 0 Å². The Morgan fingerprint density at radius 1 is 1.24 bits per heavy atom. The van der Waals surface area contributed by atoms with Gasteiger partial charge in [0.25, 0.3) is 0 Å². The van der Waals surface area contributed by atoms with Gasteiger partial charge in [-0.05, 0) is 49.9 Å². The molecule has 0 unspecified atom stereocenters. The number of hydrogen-bond acceptors (Lipinski definition) is 2. The molecule has 0 saturated heterocycles. The van der Waals surface area contributed by atoms with Crippen molar-refractivity contribution in [3.05, 3.63) is 34.5 Å². The largest absolute Gasteiger partial charge is 0.384 e. The zero-order valence-electron chi connectivity index (χ0n) is 12.9. The second kappa shape index (κ2) is 6.23. The number of nitrogens with zero attached hydrogens (tertiary/aromatic N) is 1. The van der Waals surface area contributed by atoms with Crippen molar-refractivity contribution in [2.75, 3.05) is 11.9 Å². The van der Waals surface area contributed by atoms with E-state index in [1.165, 1.54) is 37.1 Å². The molecule has 0 aliphatic heterocycles. The summed E-state index contributed by atoms with van der Waals surface area (Å²) in [7, 11) is 0. The van der Waals surface area contributed by atoms with E-state index in [1.807, 2.05) is 12.1 Å². The number of fused-ring (bicyclic) bond motifs is 1. The smallest absolute Gasteiger partial charge is 0.0756 e. The predicted molar refractivity (Wildman–Crippen MR) is 91.5 cm³/mol. The summed E-state index contributed by atoms with van der Waals surface area (Å²) in [5.74, 6) is 0.631. The van der Waals surface area contributed by atoms with Crippen molar-refractivity contribution in [3.63, 3.8) is 0 Å². The Morgan fingerprint density at radius 2 is 2.00 bits per heavy atom. The highest BCUT2D eigenvalue weighted by atomic mass is 35.5. The van der Waals surface area contributed by atoms with Gasteiger partial charge in [0, 0.05) is 34.3 Å². The molecule has 1 saturated carbocycles. The number of hydrogen-bond donors (Lipinski definition) is 1. The van der Waals surface area contributed by atoms with E-state index in [9.17, 15) is 0 Å². The number of aryl methyl sites for hydroxylation is 1. The molecule has 1 heterocycles. The molecule has 21 heavy (non-hydrogen) atoms. The van der Waals surface area contributed by atoms with Crippen LogP contribution in [0.3, 0.4) is 0 Å². The first-order valence-corrected chi connectivity index (χ1v) is 8.41. The third-order valence-electron chi connectivity index (χ3n) is 4.43. The Labute approximate surface area is 131 Å². The maximum Gasteiger partial charge on any atom is 0.0756 e. The fourth-order valence-corrected chi connectivity index (χ4v) is 3.59. The van der Waals surface area contributed by atoms with Gasteiger partial charge in [-0.1, -0.05) is 31.4 Å². The number of nitrogens with one attached hydrogen (secondary N) is 1. The highest BCUT2D eigenvalue weighted by molar-refractivity contribution is 6.31. The maximum absolute atomic E-state index is 6.24. The zero-order valence-corrected chi connectivity index (χ0v) is 13.6. The van der Waals surface area contributed by atoms with E-state index in [0.717, 1.165) is 34.5 Å².